The number of aromatic nitrogens is 1. The molecule has 0 saturated carbocycles. The third-order valence-corrected chi connectivity index (χ3v) is 6.20. The topological polar surface area (TPSA) is 55.1 Å². The van der Waals surface area contributed by atoms with Crippen molar-refractivity contribution < 1.29 is 9.21 Å². The molecule has 5 heteroatoms. The molecule has 1 unspecified atom stereocenters. The molecule has 1 aliphatic carbocycles. The summed E-state index contributed by atoms with van der Waals surface area (Å²) in [5.74, 6) is 0.852. The molecular weight excluding hydrogens is 332 g/mol. The number of nitrogens with zero attached hydrogens (tertiary/aromatic N) is 1. The van der Waals surface area contributed by atoms with Crippen LogP contribution in [0.3, 0.4) is 0 Å². The van der Waals surface area contributed by atoms with E-state index in [1.54, 1.807) is 11.3 Å². The van der Waals surface area contributed by atoms with E-state index in [2.05, 4.69) is 30.2 Å². The molecule has 3 aromatic rings. The molecule has 2 aromatic heterocycles. The number of aryl methyl sites for hydroxylation is 4. The molecule has 1 amide bonds. The number of anilines is 1. The van der Waals surface area contributed by atoms with Crippen LogP contribution in [0.2, 0.25) is 0 Å². The van der Waals surface area contributed by atoms with Crippen molar-refractivity contribution in [1.29, 1.82) is 0 Å². The highest BCUT2D eigenvalue weighted by Gasteiger charge is 2.23. The smallest absolute Gasteiger partial charge is 0.293 e. The Morgan fingerprint density at radius 1 is 1.28 bits per heavy atom. The van der Waals surface area contributed by atoms with Gasteiger partial charge in [-0.25, -0.2) is 4.98 Å². The molecule has 0 radical (unpaired) electrons. The van der Waals surface area contributed by atoms with E-state index in [1.165, 1.54) is 16.9 Å². The summed E-state index contributed by atoms with van der Waals surface area (Å²) in [7, 11) is 0. The summed E-state index contributed by atoms with van der Waals surface area (Å²) in [5.41, 5.74) is 5.15. The fourth-order valence-electron chi connectivity index (χ4n) is 3.44. The second kappa shape index (κ2) is 5.99. The van der Waals surface area contributed by atoms with Crippen molar-refractivity contribution in [2.75, 3.05) is 5.32 Å². The van der Waals surface area contributed by atoms with Gasteiger partial charge in [0.05, 0.1) is 5.69 Å². The van der Waals surface area contributed by atoms with Crippen LogP contribution in [0.25, 0.3) is 11.0 Å². The van der Waals surface area contributed by atoms with Gasteiger partial charge in [-0.05, 0) is 69.2 Å². The first-order chi connectivity index (χ1) is 11.9. The zero-order valence-electron chi connectivity index (χ0n) is 15.0. The number of hydrogen-bond donors (Lipinski definition) is 1. The van der Waals surface area contributed by atoms with Gasteiger partial charge in [-0.3, -0.25) is 10.1 Å². The third kappa shape index (κ3) is 2.86. The minimum Gasteiger partial charge on any atom is -0.451 e. The Kier molecular flexibility index (Phi) is 3.91. The van der Waals surface area contributed by atoms with Gasteiger partial charge in [0.1, 0.15) is 5.58 Å². The quantitative estimate of drug-likeness (QED) is 0.689. The number of carbonyl (C=O) groups is 1. The summed E-state index contributed by atoms with van der Waals surface area (Å²) in [6.07, 6.45) is 3.24. The molecule has 0 fully saturated rings. The lowest BCUT2D eigenvalue weighted by atomic mass is 9.93. The van der Waals surface area contributed by atoms with Crippen LogP contribution in [-0.2, 0) is 12.8 Å². The van der Waals surface area contributed by atoms with E-state index >= 15 is 0 Å². The molecule has 2 heterocycles. The fraction of sp³-hybridized carbons (Fsp3) is 0.400. The minimum atomic E-state index is -0.219. The molecule has 1 atom stereocenters. The largest absolute Gasteiger partial charge is 0.451 e. The van der Waals surface area contributed by atoms with Gasteiger partial charge in [-0.2, -0.15) is 0 Å². The van der Waals surface area contributed by atoms with E-state index < -0.39 is 0 Å². The lowest BCUT2D eigenvalue weighted by molar-refractivity contribution is 0.0998. The molecule has 0 bridgehead atoms. The van der Waals surface area contributed by atoms with Gasteiger partial charge >= 0.3 is 0 Å². The fourth-order valence-corrected chi connectivity index (χ4v) is 4.61. The van der Waals surface area contributed by atoms with Gasteiger partial charge in [0.25, 0.3) is 5.91 Å². The summed E-state index contributed by atoms with van der Waals surface area (Å²) in [6.45, 7) is 8.32. The summed E-state index contributed by atoms with van der Waals surface area (Å²) < 4.78 is 5.85. The van der Waals surface area contributed by atoms with E-state index in [0.29, 0.717) is 16.8 Å². The highest BCUT2D eigenvalue weighted by molar-refractivity contribution is 7.15. The second-order valence-corrected chi connectivity index (χ2v) is 8.26. The first-order valence-electron chi connectivity index (χ1n) is 8.72. The van der Waals surface area contributed by atoms with Gasteiger partial charge in [-0.15, -0.1) is 11.3 Å². The zero-order valence-corrected chi connectivity index (χ0v) is 15.8. The lowest BCUT2D eigenvalue weighted by Crippen LogP contribution is -2.12. The van der Waals surface area contributed by atoms with Crippen LogP contribution < -0.4 is 5.32 Å². The molecule has 1 aromatic carbocycles. The van der Waals surface area contributed by atoms with E-state index in [1.807, 2.05) is 19.9 Å². The number of thiazole rings is 1. The van der Waals surface area contributed by atoms with Crippen molar-refractivity contribution in [3.05, 3.63) is 45.2 Å². The van der Waals surface area contributed by atoms with Crippen LogP contribution in [0.15, 0.2) is 16.5 Å². The van der Waals surface area contributed by atoms with Crippen molar-refractivity contribution in [2.24, 2.45) is 5.92 Å². The normalized spacial score (nSPS) is 16.9. The van der Waals surface area contributed by atoms with E-state index in [0.717, 1.165) is 40.6 Å². The Morgan fingerprint density at radius 2 is 2.04 bits per heavy atom. The highest BCUT2D eigenvalue weighted by atomic mass is 32.1. The van der Waals surface area contributed by atoms with Crippen LogP contribution >= 0.6 is 11.3 Å². The minimum absolute atomic E-state index is 0.219. The maximum atomic E-state index is 12.7. The van der Waals surface area contributed by atoms with Gasteiger partial charge in [-0.1, -0.05) is 6.92 Å². The highest BCUT2D eigenvalue weighted by Crippen LogP contribution is 2.33. The van der Waals surface area contributed by atoms with E-state index in [4.69, 9.17) is 4.42 Å². The molecule has 130 valence electrons. The first-order valence-corrected chi connectivity index (χ1v) is 9.54. The Labute approximate surface area is 151 Å². The van der Waals surface area contributed by atoms with Crippen LogP contribution in [0, 0.1) is 26.7 Å². The molecule has 25 heavy (non-hydrogen) atoms. The van der Waals surface area contributed by atoms with E-state index in [9.17, 15) is 4.79 Å². The average molecular weight is 354 g/mol. The summed E-state index contributed by atoms with van der Waals surface area (Å²) in [6, 6.07) is 4.09. The molecule has 4 nitrogen and oxygen atoms in total. The van der Waals surface area contributed by atoms with Crippen LogP contribution in [-0.4, -0.2) is 10.9 Å². The van der Waals surface area contributed by atoms with Crippen molar-refractivity contribution in [3.8, 4) is 0 Å². The number of fused-ring (bicyclic) bond motifs is 2. The second-order valence-electron chi connectivity index (χ2n) is 7.18. The monoisotopic (exact) mass is 354 g/mol. The zero-order chi connectivity index (χ0) is 17.7. The molecule has 1 N–H and O–H groups in total. The summed E-state index contributed by atoms with van der Waals surface area (Å²) >= 11 is 1.59. The number of benzene rings is 1. The maximum absolute atomic E-state index is 12.7. The van der Waals surface area contributed by atoms with Crippen LogP contribution in [0.1, 0.15) is 51.2 Å². The van der Waals surface area contributed by atoms with Crippen molar-refractivity contribution in [1.82, 2.24) is 4.98 Å². The van der Waals surface area contributed by atoms with E-state index in [-0.39, 0.29) is 5.91 Å². The number of nitrogens with one attached hydrogen (secondary N) is 1. The van der Waals surface area contributed by atoms with Gasteiger partial charge in [0.2, 0.25) is 0 Å². The van der Waals surface area contributed by atoms with Crippen molar-refractivity contribution >= 4 is 33.3 Å². The molecule has 1 aliphatic rings. The van der Waals surface area contributed by atoms with Crippen LogP contribution in [0.5, 0.6) is 0 Å². The number of carbonyl (C=O) groups excluding carboxylic acids is 1. The predicted molar refractivity (Wildman–Crippen MR) is 102 cm³/mol. The Hall–Kier alpha value is -2.14. The summed E-state index contributed by atoms with van der Waals surface area (Å²) in [4.78, 5) is 18.6. The summed E-state index contributed by atoms with van der Waals surface area (Å²) in [5, 5.41) is 4.61. The van der Waals surface area contributed by atoms with Gasteiger partial charge < -0.3 is 4.42 Å². The first kappa shape index (κ1) is 16.3. The van der Waals surface area contributed by atoms with Crippen molar-refractivity contribution in [2.45, 2.75) is 47.0 Å². The molecule has 0 spiro atoms. The maximum Gasteiger partial charge on any atom is 0.293 e. The Balaban J connectivity index is 1.63. The SMILES string of the molecule is Cc1cc2oc(C(=O)Nc3nc4c(s3)CC(C)CC4)c(C)c2cc1C. The van der Waals surface area contributed by atoms with Gasteiger partial charge in [0, 0.05) is 15.8 Å². The number of furan rings is 1. The number of amides is 1. The Morgan fingerprint density at radius 3 is 2.84 bits per heavy atom. The third-order valence-electron chi connectivity index (χ3n) is 5.17. The van der Waals surface area contributed by atoms with Crippen LogP contribution in [0.4, 0.5) is 5.13 Å². The molecule has 0 aliphatic heterocycles. The lowest BCUT2D eigenvalue weighted by Gasteiger charge is -2.15. The molecule has 4 rings (SSSR count). The standard InChI is InChI=1S/C20H22N2O2S/c1-10-5-6-15-17(7-10)25-20(21-15)22-19(23)18-13(4)14-8-11(2)12(3)9-16(14)24-18/h8-10H,5-7H2,1-4H3,(H,21,22,23). The number of hydrogen-bond acceptors (Lipinski definition) is 4. The van der Waals surface area contributed by atoms with Gasteiger partial charge in [0.15, 0.2) is 10.9 Å². The molecular formula is C20H22N2O2S. The average Bonchev–Trinajstić information content (AvgIpc) is 3.09. The molecule has 0 saturated heterocycles. The Bertz CT molecular complexity index is 983. The number of rotatable bonds is 2. The predicted octanol–water partition coefficient (Wildman–Crippen LogP) is 5.19. The van der Waals surface area contributed by atoms with Crippen molar-refractivity contribution in [3.63, 3.8) is 0 Å².